The number of carbonyl (C=O) groups is 3. The van der Waals surface area contributed by atoms with Crippen molar-refractivity contribution in [3.63, 3.8) is 0 Å². The number of para-hydroxylation sites is 2. The van der Waals surface area contributed by atoms with Crippen molar-refractivity contribution >= 4 is 18.2 Å². The second kappa shape index (κ2) is 30.0. The normalized spacial score (nSPS) is 17.8. The van der Waals surface area contributed by atoms with Gasteiger partial charge in [-0.1, -0.05) is 157 Å². The number of benzene rings is 4. The molecule has 1 heterocycles. The maximum atomic E-state index is 14.2. The van der Waals surface area contributed by atoms with Crippen molar-refractivity contribution < 1.29 is 43.2 Å². The Morgan fingerprint density at radius 2 is 1.24 bits per heavy atom. The van der Waals surface area contributed by atoms with Crippen LogP contribution in [0, 0.1) is 11.3 Å². The number of aldehydes is 1. The quantitative estimate of drug-likeness (QED) is 0.0206. The molecule has 1 amide bonds. The monoisotopic (exact) mass is 963 g/mol. The van der Waals surface area contributed by atoms with Gasteiger partial charge < -0.3 is 38.9 Å². The van der Waals surface area contributed by atoms with Gasteiger partial charge in [0.2, 0.25) is 5.91 Å². The van der Waals surface area contributed by atoms with Crippen LogP contribution in [0.5, 0.6) is 11.5 Å². The fourth-order valence-corrected chi connectivity index (χ4v) is 9.95. The van der Waals surface area contributed by atoms with Gasteiger partial charge >= 0.3 is 5.97 Å². The number of aliphatic hydroxyl groups is 1. The number of ether oxygens (including phenoxy) is 5. The van der Waals surface area contributed by atoms with Crippen LogP contribution in [0.25, 0.3) is 22.3 Å². The van der Waals surface area contributed by atoms with Crippen molar-refractivity contribution in [2.24, 2.45) is 11.3 Å². The summed E-state index contributed by atoms with van der Waals surface area (Å²) in [7, 11) is 4.80. The smallest absolute Gasteiger partial charge is 0.305 e. The maximum absolute atomic E-state index is 14.2. The summed E-state index contributed by atoms with van der Waals surface area (Å²) in [6.45, 7) is 7.62. The molecule has 0 bridgehead atoms. The van der Waals surface area contributed by atoms with E-state index in [1.807, 2.05) is 36.4 Å². The highest BCUT2D eigenvalue weighted by atomic mass is 16.7. The first-order valence-corrected chi connectivity index (χ1v) is 25.9. The molecule has 2 N–H and O–H groups in total. The van der Waals surface area contributed by atoms with E-state index in [9.17, 15) is 19.5 Å². The van der Waals surface area contributed by atoms with Gasteiger partial charge in [-0.05, 0) is 72.4 Å². The van der Waals surface area contributed by atoms with Crippen LogP contribution in [0.2, 0.25) is 0 Å². The number of nitrogens with one attached hydrogen (secondary N) is 1. The van der Waals surface area contributed by atoms with Crippen LogP contribution >= 0.6 is 0 Å². The third kappa shape index (κ3) is 16.8. The van der Waals surface area contributed by atoms with E-state index in [4.69, 9.17) is 23.7 Å². The minimum atomic E-state index is -0.701. The Hall–Kier alpha value is -5.07. The van der Waals surface area contributed by atoms with Crippen molar-refractivity contribution in [2.45, 2.75) is 161 Å². The van der Waals surface area contributed by atoms with Gasteiger partial charge in [0.25, 0.3) is 0 Å². The minimum Gasteiger partial charge on any atom is -0.496 e. The number of amides is 1. The molecule has 0 spiro atoms. The fraction of sp³-hybridized carbons (Fsp3) is 0.542. The number of esters is 1. The van der Waals surface area contributed by atoms with Gasteiger partial charge in [0.1, 0.15) is 17.8 Å². The summed E-state index contributed by atoms with van der Waals surface area (Å²) in [6.07, 6.45) is 14.0. The van der Waals surface area contributed by atoms with Gasteiger partial charge in [-0.25, -0.2) is 0 Å². The summed E-state index contributed by atoms with van der Waals surface area (Å²) >= 11 is 0. The van der Waals surface area contributed by atoms with Crippen LogP contribution in [0.15, 0.2) is 97.1 Å². The van der Waals surface area contributed by atoms with Gasteiger partial charge in [-0.15, -0.1) is 0 Å². The molecule has 1 saturated heterocycles. The van der Waals surface area contributed by atoms with Gasteiger partial charge in [0, 0.05) is 61.0 Å². The van der Waals surface area contributed by atoms with Crippen LogP contribution in [-0.4, -0.2) is 87.1 Å². The van der Waals surface area contributed by atoms with Crippen LogP contribution in [-0.2, 0) is 41.8 Å². The fourth-order valence-electron chi connectivity index (χ4n) is 9.95. The lowest BCUT2D eigenvalue weighted by molar-refractivity contribution is -0.197. The molecule has 1 aliphatic rings. The largest absolute Gasteiger partial charge is 0.496 e. The van der Waals surface area contributed by atoms with E-state index in [0.717, 1.165) is 135 Å². The number of methoxy groups -OCH3 is 3. The second-order valence-corrected chi connectivity index (χ2v) is 19.5. The highest BCUT2D eigenvalue weighted by Gasteiger charge is 2.52. The van der Waals surface area contributed by atoms with E-state index < -0.39 is 11.7 Å². The number of rotatable bonds is 33. The lowest BCUT2D eigenvalue weighted by Crippen LogP contribution is -2.50. The van der Waals surface area contributed by atoms with Crippen molar-refractivity contribution in [3.05, 3.63) is 108 Å². The number of carbonyl (C=O) groups excluding carboxylic acids is 3. The van der Waals surface area contributed by atoms with E-state index in [0.29, 0.717) is 39.0 Å². The number of hydrogen-bond donors (Lipinski definition) is 2. The average molecular weight is 963 g/mol. The predicted molar refractivity (Wildman–Crippen MR) is 278 cm³/mol. The van der Waals surface area contributed by atoms with Crippen molar-refractivity contribution in [1.82, 2.24) is 10.2 Å². The summed E-state index contributed by atoms with van der Waals surface area (Å²) in [5, 5.41) is 14.5. The molecular formula is C59H82N2O9. The Kier molecular flexibility index (Phi) is 23.9. The molecule has 70 heavy (non-hydrogen) atoms. The van der Waals surface area contributed by atoms with Gasteiger partial charge in [0.05, 0.1) is 40.6 Å². The zero-order valence-electron chi connectivity index (χ0n) is 43.0. The Morgan fingerprint density at radius 3 is 1.76 bits per heavy atom. The number of hydrogen-bond acceptors (Lipinski definition) is 10. The molecule has 5 unspecified atom stereocenters. The second-order valence-electron chi connectivity index (χ2n) is 19.5. The number of unbranched alkanes of at least 4 members (excludes halogenated alkanes) is 9. The van der Waals surface area contributed by atoms with Crippen molar-refractivity contribution in [1.29, 1.82) is 0 Å². The Morgan fingerprint density at radius 1 is 0.729 bits per heavy atom. The molecule has 0 radical (unpaired) electrons. The van der Waals surface area contributed by atoms with Crippen LogP contribution in [0.3, 0.4) is 0 Å². The number of aliphatic hydroxyl groups excluding tert-OH is 1. The number of likely N-dealkylation sites (tertiary alicyclic amines) is 1. The third-order valence-corrected chi connectivity index (χ3v) is 14.5. The molecule has 4 aromatic carbocycles. The SMILES string of the molecule is CCC(CCCCCCCCC(=O)OC)NC(=O)CC(CCCCCCC=O)N1CC(C)(CO)C(C)C1C(OCc1ccc(-c2ccccc2OC)cc1)OCc1ccc(-c2ccccc2OC)cc1. The summed E-state index contributed by atoms with van der Waals surface area (Å²) < 4.78 is 30.0. The van der Waals surface area contributed by atoms with E-state index in [1.165, 1.54) is 7.11 Å². The van der Waals surface area contributed by atoms with Crippen LogP contribution in [0.4, 0.5) is 0 Å². The first-order chi connectivity index (χ1) is 34.1. The first kappa shape index (κ1) is 55.9. The van der Waals surface area contributed by atoms with E-state index in [2.05, 4.69) is 91.7 Å². The third-order valence-electron chi connectivity index (χ3n) is 14.5. The summed E-state index contributed by atoms with van der Waals surface area (Å²) in [5.74, 6) is 1.45. The summed E-state index contributed by atoms with van der Waals surface area (Å²) in [5.41, 5.74) is 5.62. The topological polar surface area (TPSA) is 133 Å². The molecule has 382 valence electrons. The summed E-state index contributed by atoms with van der Waals surface area (Å²) in [4.78, 5) is 39.2. The zero-order chi connectivity index (χ0) is 50.1. The molecule has 4 aromatic rings. The molecule has 1 fully saturated rings. The van der Waals surface area contributed by atoms with E-state index >= 15 is 0 Å². The average Bonchev–Trinajstić information content (AvgIpc) is 3.66. The maximum Gasteiger partial charge on any atom is 0.305 e. The van der Waals surface area contributed by atoms with Gasteiger partial charge in [-0.3, -0.25) is 14.5 Å². The molecular weight excluding hydrogens is 881 g/mol. The van der Waals surface area contributed by atoms with Crippen molar-refractivity contribution in [2.75, 3.05) is 34.5 Å². The Balaban J connectivity index is 1.37. The van der Waals surface area contributed by atoms with Crippen molar-refractivity contribution in [3.8, 4) is 33.8 Å². The number of nitrogens with zero attached hydrogens (tertiary/aromatic N) is 1. The molecule has 5 rings (SSSR count). The van der Waals surface area contributed by atoms with Crippen LogP contribution < -0.4 is 14.8 Å². The lowest BCUT2D eigenvalue weighted by Gasteiger charge is -2.38. The molecule has 11 heteroatoms. The Labute approximate surface area is 419 Å². The molecule has 5 atom stereocenters. The van der Waals surface area contributed by atoms with Crippen LogP contribution in [0.1, 0.15) is 135 Å². The highest BCUT2D eigenvalue weighted by Crippen LogP contribution is 2.44. The summed E-state index contributed by atoms with van der Waals surface area (Å²) in [6, 6.07) is 32.3. The standard InChI is InChI=1S/C59H82N2O9/c1-7-49(23-15-11-8-9-13-17-29-56(65)68-6)60-55(64)39-50(24-16-12-10-14-22-38-62)61-42-59(3,43-63)44(2)57(61)58(69-40-45-30-34-47(35-31-45)51-25-18-20-27-53(51)66-4)70-41-46-32-36-48(37-33-46)52-26-19-21-28-54(52)67-5/h18-21,25-28,30-38,44,49-50,57-58,63H,7-17,22-24,29,39-43H2,1-6H3,(H,60,64). The predicted octanol–water partition coefficient (Wildman–Crippen LogP) is 11.9. The van der Waals surface area contributed by atoms with E-state index in [1.54, 1.807) is 14.2 Å². The first-order valence-electron chi connectivity index (χ1n) is 25.9. The molecule has 0 aromatic heterocycles. The molecule has 1 aliphatic heterocycles. The minimum absolute atomic E-state index is 0.0174. The zero-order valence-corrected chi connectivity index (χ0v) is 43.0. The molecule has 11 nitrogen and oxygen atoms in total. The lowest BCUT2D eigenvalue weighted by atomic mass is 9.79. The Bertz CT molecular complexity index is 2050. The van der Waals surface area contributed by atoms with Gasteiger partial charge in [0.15, 0.2) is 6.29 Å². The molecule has 0 aliphatic carbocycles. The van der Waals surface area contributed by atoms with Gasteiger partial charge in [-0.2, -0.15) is 0 Å². The highest BCUT2D eigenvalue weighted by molar-refractivity contribution is 5.77. The molecule has 0 saturated carbocycles. The van der Waals surface area contributed by atoms with E-state index in [-0.39, 0.29) is 42.5 Å².